The van der Waals surface area contributed by atoms with Gasteiger partial charge in [0.15, 0.2) is 0 Å². The molecule has 1 rings (SSSR count). The number of hydrogen-bond acceptors (Lipinski definition) is 2. The van der Waals surface area contributed by atoms with Gasteiger partial charge in [0.1, 0.15) is 6.29 Å². The monoisotopic (exact) mass is 205 g/mol. The zero-order chi connectivity index (χ0) is 8.97. The first-order valence-electron chi connectivity index (χ1n) is 4.95. The molecule has 1 aliphatic carbocycles. The maximum absolute atomic E-state index is 10.4. The van der Waals surface area contributed by atoms with E-state index in [0.717, 1.165) is 18.6 Å². The predicted octanol–water partition coefficient (Wildman–Crippen LogP) is 2.15. The number of nitrogens with two attached hydrogens (primary N) is 1. The fourth-order valence-electron chi connectivity index (χ4n) is 2.06. The van der Waals surface area contributed by atoms with Gasteiger partial charge in [-0.15, -0.1) is 12.4 Å². The van der Waals surface area contributed by atoms with Gasteiger partial charge in [0.05, 0.1) is 6.04 Å². The molecule has 0 amide bonds. The quantitative estimate of drug-likeness (QED) is 0.715. The summed E-state index contributed by atoms with van der Waals surface area (Å²) in [5.74, 6) is 1.21. The first kappa shape index (κ1) is 12.9. The van der Waals surface area contributed by atoms with Crippen molar-refractivity contribution in [2.45, 2.75) is 45.1 Å². The lowest BCUT2D eigenvalue weighted by Crippen LogP contribution is -2.30. The molecule has 2 nitrogen and oxygen atoms in total. The lowest BCUT2D eigenvalue weighted by Gasteiger charge is -2.18. The Kier molecular flexibility index (Phi) is 6.35. The fraction of sp³-hybridized carbons (Fsp3) is 0.900. The fourth-order valence-corrected chi connectivity index (χ4v) is 2.06. The van der Waals surface area contributed by atoms with Crippen molar-refractivity contribution < 1.29 is 4.79 Å². The van der Waals surface area contributed by atoms with E-state index >= 15 is 0 Å². The van der Waals surface area contributed by atoms with Gasteiger partial charge in [0.2, 0.25) is 0 Å². The highest BCUT2D eigenvalue weighted by Crippen LogP contribution is 2.30. The standard InChI is InChI=1S/C10H19NO.ClH/c1-8(10(11)7-12)6-9-4-2-3-5-9;/h7-10H,2-6,11H2,1H3;1H. The molecule has 0 aromatic heterocycles. The number of halogens is 1. The summed E-state index contributed by atoms with van der Waals surface area (Å²) in [4.78, 5) is 10.4. The number of carbonyl (C=O) groups is 1. The summed E-state index contributed by atoms with van der Waals surface area (Å²) in [5.41, 5.74) is 5.63. The third kappa shape index (κ3) is 4.10. The highest BCUT2D eigenvalue weighted by Gasteiger charge is 2.20. The molecule has 3 heteroatoms. The lowest BCUT2D eigenvalue weighted by molar-refractivity contribution is -0.109. The molecule has 0 aliphatic heterocycles. The van der Waals surface area contributed by atoms with E-state index < -0.39 is 0 Å². The first-order chi connectivity index (χ1) is 5.74. The van der Waals surface area contributed by atoms with E-state index in [-0.39, 0.29) is 18.4 Å². The summed E-state index contributed by atoms with van der Waals surface area (Å²) >= 11 is 0. The Morgan fingerprint density at radius 3 is 2.46 bits per heavy atom. The van der Waals surface area contributed by atoms with Crippen molar-refractivity contribution in [1.82, 2.24) is 0 Å². The number of carbonyl (C=O) groups excluding carboxylic acids is 1. The number of rotatable bonds is 4. The van der Waals surface area contributed by atoms with Gasteiger partial charge in [-0.1, -0.05) is 32.6 Å². The van der Waals surface area contributed by atoms with Crippen molar-refractivity contribution >= 4 is 18.7 Å². The van der Waals surface area contributed by atoms with Crippen LogP contribution in [0, 0.1) is 11.8 Å². The smallest absolute Gasteiger partial charge is 0.136 e. The summed E-state index contributed by atoms with van der Waals surface area (Å²) in [6, 6.07) is -0.245. The van der Waals surface area contributed by atoms with E-state index in [1.54, 1.807) is 0 Å². The van der Waals surface area contributed by atoms with Crippen LogP contribution < -0.4 is 5.73 Å². The zero-order valence-electron chi connectivity index (χ0n) is 8.24. The summed E-state index contributed by atoms with van der Waals surface area (Å²) in [6.07, 6.45) is 7.44. The van der Waals surface area contributed by atoms with Gasteiger partial charge in [0, 0.05) is 0 Å². The van der Waals surface area contributed by atoms with Crippen molar-refractivity contribution in [2.24, 2.45) is 17.6 Å². The Morgan fingerprint density at radius 2 is 2.00 bits per heavy atom. The highest BCUT2D eigenvalue weighted by atomic mass is 35.5. The third-order valence-corrected chi connectivity index (χ3v) is 2.99. The Balaban J connectivity index is 0.00000144. The Hall–Kier alpha value is -0.0800. The maximum atomic E-state index is 10.4. The van der Waals surface area contributed by atoms with Crippen LogP contribution >= 0.6 is 12.4 Å². The summed E-state index contributed by atoms with van der Waals surface area (Å²) in [5, 5.41) is 0. The van der Waals surface area contributed by atoms with Crippen LogP contribution in [0.3, 0.4) is 0 Å². The molecule has 13 heavy (non-hydrogen) atoms. The molecule has 78 valence electrons. The molecule has 1 aliphatic rings. The second-order valence-corrected chi connectivity index (χ2v) is 4.08. The van der Waals surface area contributed by atoms with Gasteiger partial charge >= 0.3 is 0 Å². The molecule has 0 saturated heterocycles. The summed E-state index contributed by atoms with van der Waals surface area (Å²) in [6.45, 7) is 2.08. The van der Waals surface area contributed by atoms with Crippen LogP contribution in [-0.2, 0) is 4.79 Å². The van der Waals surface area contributed by atoms with Crippen molar-refractivity contribution in [3.8, 4) is 0 Å². The second kappa shape index (κ2) is 6.39. The molecule has 0 aromatic rings. The molecule has 1 saturated carbocycles. The topological polar surface area (TPSA) is 43.1 Å². The van der Waals surface area contributed by atoms with Gasteiger partial charge in [-0.2, -0.15) is 0 Å². The van der Waals surface area contributed by atoms with Crippen LogP contribution in [0.25, 0.3) is 0 Å². The lowest BCUT2D eigenvalue weighted by atomic mass is 9.90. The molecule has 2 atom stereocenters. The molecule has 0 heterocycles. The van der Waals surface area contributed by atoms with Gasteiger partial charge < -0.3 is 10.5 Å². The van der Waals surface area contributed by atoms with E-state index in [0.29, 0.717) is 5.92 Å². The average molecular weight is 206 g/mol. The van der Waals surface area contributed by atoms with Crippen LogP contribution in [0.1, 0.15) is 39.0 Å². The van der Waals surface area contributed by atoms with Crippen LogP contribution in [-0.4, -0.2) is 12.3 Å². The van der Waals surface area contributed by atoms with E-state index in [4.69, 9.17) is 5.73 Å². The molecule has 2 unspecified atom stereocenters. The van der Waals surface area contributed by atoms with E-state index in [1.165, 1.54) is 25.7 Å². The minimum absolute atomic E-state index is 0. The molecule has 2 N–H and O–H groups in total. The maximum Gasteiger partial charge on any atom is 0.136 e. The summed E-state index contributed by atoms with van der Waals surface area (Å²) < 4.78 is 0. The second-order valence-electron chi connectivity index (χ2n) is 4.08. The van der Waals surface area contributed by atoms with E-state index in [1.807, 2.05) is 0 Å². The molecule has 0 radical (unpaired) electrons. The Labute approximate surface area is 86.7 Å². The molecular formula is C10H20ClNO. The molecule has 0 bridgehead atoms. The molecular weight excluding hydrogens is 186 g/mol. The number of hydrogen-bond donors (Lipinski definition) is 1. The minimum Gasteiger partial charge on any atom is -0.322 e. The average Bonchev–Trinajstić information content (AvgIpc) is 2.55. The Bertz CT molecular complexity index is 146. The summed E-state index contributed by atoms with van der Waals surface area (Å²) in [7, 11) is 0. The SMILES string of the molecule is CC(CC1CCCC1)C(N)C=O.Cl. The van der Waals surface area contributed by atoms with E-state index in [9.17, 15) is 4.79 Å². The van der Waals surface area contributed by atoms with Crippen LogP contribution in [0.4, 0.5) is 0 Å². The van der Waals surface area contributed by atoms with Gasteiger partial charge in [-0.05, 0) is 18.3 Å². The van der Waals surface area contributed by atoms with Crippen molar-refractivity contribution in [3.05, 3.63) is 0 Å². The van der Waals surface area contributed by atoms with Crippen LogP contribution in [0.2, 0.25) is 0 Å². The van der Waals surface area contributed by atoms with Gasteiger partial charge in [-0.25, -0.2) is 0 Å². The van der Waals surface area contributed by atoms with Crippen LogP contribution in [0.15, 0.2) is 0 Å². The normalized spacial score (nSPS) is 22.0. The van der Waals surface area contributed by atoms with Gasteiger partial charge in [0.25, 0.3) is 0 Å². The van der Waals surface area contributed by atoms with Crippen LogP contribution in [0.5, 0.6) is 0 Å². The predicted molar refractivity (Wildman–Crippen MR) is 57.0 cm³/mol. The first-order valence-corrected chi connectivity index (χ1v) is 4.95. The van der Waals surface area contributed by atoms with Crippen molar-refractivity contribution in [3.63, 3.8) is 0 Å². The molecule has 1 fully saturated rings. The zero-order valence-corrected chi connectivity index (χ0v) is 9.06. The van der Waals surface area contributed by atoms with Crippen molar-refractivity contribution in [2.75, 3.05) is 0 Å². The molecule has 0 aromatic carbocycles. The van der Waals surface area contributed by atoms with Gasteiger partial charge in [-0.3, -0.25) is 0 Å². The highest BCUT2D eigenvalue weighted by molar-refractivity contribution is 5.85. The Morgan fingerprint density at radius 1 is 1.46 bits per heavy atom. The molecule has 0 spiro atoms. The van der Waals surface area contributed by atoms with Crippen molar-refractivity contribution in [1.29, 1.82) is 0 Å². The minimum atomic E-state index is -0.245. The third-order valence-electron chi connectivity index (χ3n) is 2.99. The van der Waals surface area contributed by atoms with E-state index in [2.05, 4.69) is 6.92 Å². The number of aldehydes is 1. The largest absolute Gasteiger partial charge is 0.322 e.